The number of ether oxygens (including phenoxy) is 2. The lowest BCUT2D eigenvalue weighted by molar-refractivity contribution is -0.136. The number of carbonyl (C=O) groups is 2. The van der Waals surface area contributed by atoms with E-state index >= 15 is 0 Å². The maximum Gasteiger partial charge on any atom is 0.260 e. The van der Waals surface area contributed by atoms with Crippen molar-refractivity contribution in [3.05, 3.63) is 53.6 Å². The molecule has 2 aromatic rings. The number of hydrogen-bond donors (Lipinski definition) is 0. The molecule has 0 bridgehead atoms. The van der Waals surface area contributed by atoms with Crippen molar-refractivity contribution in [1.29, 1.82) is 0 Å². The Labute approximate surface area is 199 Å². The molecule has 1 aliphatic carbocycles. The second kappa shape index (κ2) is 10.8. The number of nitrogens with zero attached hydrogens (tertiary/aromatic N) is 3. The van der Waals surface area contributed by atoms with E-state index in [1.165, 1.54) is 0 Å². The standard InChI is InChI=1S/C25H30ClN3O4/c1-32-22-7-2-3-8-23(22)33-18-25(31)29(20-9-10-20)12-11-24(30)28-15-13-27(14-16-28)21-6-4-5-19(26)17-21/h2-8,17,20H,9-16,18H2,1H3. The zero-order chi connectivity index (χ0) is 23.2. The Hall–Kier alpha value is -2.93. The molecule has 7 nitrogen and oxygen atoms in total. The van der Waals surface area contributed by atoms with Gasteiger partial charge in [-0.15, -0.1) is 0 Å². The third-order valence-electron chi connectivity index (χ3n) is 6.10. The summed E-state index contributed by atoms with van der Waals surface area (Å²) in [5.74, 6) is 1.12. The van der Waals surface area contributed by atoms with E-state index in [0.29, 0.717) is 42.6 Å². The molecule has 1 aliphatic heterocycles. The van der Waals surface area contributed by atoms with Crippen molar-refractivity contribution in [2.45, 2.75) is 25.3 Å². The Morgan fingerprint density at radius 2 is 1.76 bits per heavy atom. The predicted molar refractivity (Wildman–Crippen MR) is 128 cm³/mol. The minimum absolute atomic E-state index is 0.0661. The van der Waals surface area contributed by atoms with Gasteiger partial charge in [-0.25, -0.2) is 0 Å². The molecule has 0 spiro atoms. The summed E-state index contributed by atoms with van der Waals surface area (Å²) in [6, 6.07) is 15.3. The smallest absolute Gasteiger partial charge is 0.260 e. The van der Waals surface area contributed by atoms with Gasteiger partial charge in [0.05, 0.1) is 7.11 Å². The highest BCUT2D eigenvalue weighted by atomic mass is 35.5. The highest BCUT2D eigenvalue weighted by Gasteiger charge is 2.33. The summed E-state index contributed by atoms with van der Waals surface area (Å²) in [5, 5.41) is 0.713. The van der Waals surface area contributed by atoms with Crippen LogP contribution in [0.4, 0.5) is 5.69 Å². The zero-order valence-electron chi connectivity index (χ0n) is 18.9. The second-order valence-corrected chi connectivity index (χ2v) is 8.79. The number of hydrogen-bond acceptors (Lipinski definition) is 5. The first-order valence-corrected chi connectivity index (χ1v) is 11.8. The molecule has 2 aliphatic rings. The number of piperazine rings is 1. The molecule has 0 unspecified atom stereocenters. The first kappa shape index (κ1) is 23.2. The lowest BCUT2D eigenvalue weighted by atomic mass is 10.2. The Morgan fingerprint density at radius 3 is 2.42 bits per heavy atom. The van der Waals surface area contributed by atoms with Crippen LogP contribution in [-0.4, -0.2) is 74.1 Å². The van der Waals surface area contributed by atoms with Crippen LogP contribution in [0.1, 0.15) is 19.3 Å². The van der Waals surface area contributed by atoms with E-state index in [9.17, 15) is 9.59 Å². The van der Waals surface area contributed by atoms with Crippen molar-refractivity contribution in [3.63, 3.8) is 0 Å². The number of amides is 2. The van der Waals surface area contributed by atoms with Crippen LogP contribution in [0, 0.1) is 0 Å². The van der Waals surface area contributed by atoms with Gasteiger partial charge in [0.2, 0.25) is 5.91 Å². The zero-order valence-corrected chi connectivity index (χ0v) is 19.7. The molecule has 2 aromatic carbocycles. The topological polar surface area (TPSA) is 62.3 Å². The molecule has 0 N–H and O–H groups in total. The number of para-hydroxylation sites is 2. The van der Waals surface area contributed by atoms with Gasteiger partial charge in [-0.1, -0.05) is 29.8 Å². The lowest BCUT2D eigenvalue weighted by Crippen LogP contribution is -2.49. The van der Waals surface area contributed by atoms with Crippen LogP contribution in [0.25, 0.3) is 0 Å². The predicted octanol–water partition coefficient (Wildman–Crippen LogP) is 3.46. The van der Waals surface area contributed by atoms with Gasteiger partial charge in [0.25, 0.3) is 5.91 Å². The van der Waals surface area contributed by atoms with Crippen molar-refractivity contribution >= 4 is 29.1 Å². The number of halogens is 1. The number of rotatable bonds is 9. The van der Waals surface area contributed by atoms with Crippen molar-refractivity contribution in [3.8, 4) is 11.5 Å². The van der Waals surface area contributed by atoms with Crippen LogP contribution in [0.5, 0.6) is 11.5 Å². The normalized spacial score (nSPS) is 15.8. The molecule has 0 atom stereocenters. The second-order valence-electron chi connectivity index (χ2n) is 8.36. The number of benzene rings is 2. The lowest BCUT2D eigenvalue weighted by Gasteiger charge is -2.36. The summed E-state index contributed by atoms with van der Waals surface area (Å²) in [5.41, 5.74) is 1.08. The summed E-state index contributed by atoms with van der Waals surface area (Å²) < 4.78 is 11.0. The fourth-order valence-electron chi connectivity index (χ4n) is 4.12. The third-order valence-corrected chi connectivity index (χ3v) is 6.34. The molecule has 176 valence electrons. The van der Waals surface area contributed by atoms with E-state index in [2.05, 4.69) is 4.90 Å². The first-order chi connectivity index (χ1) is 16.0. The molecule has 4 rings (SSSR count). The summed E-state index contributed by atoms with van der Waals surface area (Å²) in [6.07, 6.45) is 2.29. The molecule has 2 amide bonds. The molecule has 0 aromatic heterocycles. The molecule has 33 heavy (non-hydrogen) atoms. The molecule has 1 heterocycles. The van der Waals surface area contributed by atoms with Crippen LogP contribution < -0.4 is 14.4 Å². The van der Waals surface area contributed by atoms with E-state index in [1.54, 1.807) is 24.1 Å². The highest BCUT2D eigenvalue weighted by molar-refractivity contribution is 6.30. The van der Waals surface area contributed by atoms with Gasteiger partial charge in [-0.3, -0.25) is 9.59 Å². The van der Waals surface area contributed by atoms with E-state index < -0.39 is 0 Å². The average Bonchev–Trinajstić information content (AvgIpc) is 3.68. The maximum atomic E-state index is 12.8. The van der Waals surface area contributed by atoms with Gasteiger partial charge >= 0.3 is 0 Å². The van der Waals surface area contributed by atoms with Crippen LogP contribution in [0.2, 0.25) is 5.02 Å². The molecule has 8 heteroatoms. The Bertz CT molecular complexity index is 974. The van der Waals surface area contributed by atoms with Crippen molar-refractivity contribution in [1.82, 2.24) is 9.80 Å². The van der Waals surface area contributed by atoms with E-state index in [0.717, 1.165) is 31.6 Å². The SMILES string of the molecule is COc1ccccc1OCC(=O)N(CCC(=O)N1CCN(c2cccc(Cl)c2)CC1)C1CC1. The van der Waals surface area contributed by atoms with E-state index in [1.807, 2.05) is 41.3 Å². The summed E-state index contributed by atoms with van der Waals surface area (Å²) in [6.45, 7) is 3.23. The van der Waals surface area contributed by atoms with Gasteiger partial charge in [0.15, 0.2) is 18.1 Å². The molecular formula is C25H30ClN3O4. The van der Waals surface area contributed by atoms with Gasteiger partial charge in [0.1, 0.15) is 0 Å². The van der Waals surface area contributed by atoms with Crippen LogP contribution in [0.3, 0.4) is 0 Å². The van der Waals surface area contributed by atoms with Crippen molar-refractivity contribution in [2.75, 3.05) is 51.3 Å². The number of carbonyl (C=O) groups excluding carboxylic acids is 2. The van der Waals surface area contributed by atoms with Crippen molar-refractivity contribution < 1.29 is 19.1 Å². The quantitative estimate of drug-likeness (QED) is 0.560. The fraction of sp³-hybridized carbons (Fsp3) is 0.440. The summed E-state index contributed by atoms with van der Waals surface area (Å²) in [7, 11) is 1.57. The molecular weight excluding hydrogens is 442 g/mol. The first-order valence-electron chi connectivity index (χ1n) is 11.4. The number of methoxy groups -OCH3 is 1. The maximum absolute atomic E-state index is 12.8. The molecule has 1 saturated carbocycles. The van der Waals surface area contributed by atoms with Gasteiger partial charge in [-0.05, 0) is 43.2 Å². The van der Waals surface area contributed by atoms with Crippen LogP contribution >= 0.6 is 11.6 Å². The van der Waals surface area contributed by atoms with Crippen molar-refractivity contribution in [2.24, 2.45) is 0 Å². The van der Waals surface area contributed by atoms with Gasteiger partial charge in [-0.2, -0.15) is 0 Å². The molecule has 0 radical (unpaired) electrons. The summed E-state index contributed by atoms with van der Waals surface area (Å²) >= 11 is 6.10. The average molecular weight is 472 g/mol. The van der Waals surface area contributed by atoms with Crippen LogP contribution in [-0.2, 0) is 9.59 Å². The number of anilines is 1. The minimum Gasteiger partial charge on any atom is -0.493 e. The monoisotopic (exact) mass is 471 g/mol. The Kier molecular flexibility index (Phi) is 7.60. The van der Waals surface area contributed by atoms with Gasteiger partial charge < -0.3 is 24.2 Å². The Morgan fingerprint density at radius 1 is 1.03 bits per heavy atom. The Balaban J connectivity index is 1.25. The summed E-state index contributed by atoms with van der Waals surface area (Å²) in [4.78, 5) is 31.6. The third kappa shape index (κ3) is 6.11. The van der Waals surface area contributed by atoms with E-state index in [-0.39, 0.29) is 24.5 Å². The molecule has 1 saturated heterocycles. The minimum atomic E-state index is -0.0954. The highest BCUT2D eigenvalue weighted by Crippen LogP contribution is 2.29. The van der Waals surface area contributed by atoms with Gasteiger partial charge in [0, 0.05) is 55.9 Å². The molecule has 2 fully saturated rings. The largest absolute Gasteiger partial charge is 0.493 e. The van der Waals surface area contributed by atoms with E-state index in [4.69, 9.17) is 21.1 Å². The fourth-order valence-corrected chi connectivity index (χ4v) is 4.30. The van der Waals surface area contributed by atoms with Crippen LogP contribution in [0.15, 0.2) is 48.5 Å².